The molecule has 27 heavy (non-hydrogen) atoms. The number of aromatic amines is 1. The normalized spacial score (nSPS) is 12.7. The van der Waals surface area contributed by atoms with Gasteiger partial charge >= 0.3 is 0 Å². The Labute approximate surface area is 160 Å². The quantitative estimate of drug-likeness (QED) is 0.498. The van der Waals surface area contributed by atoms with Gasteiger partial charge in [-0.2, -0.15) is 0 Å². The molecule has 0 saturated heterocycles. The number of fused-ring (bicyclic) bond motifs is 3. The van der Waals surface area contributed by atoms with Gasteiger partial charge in [0.2, 0.25) is 5.88 Å². The molecule has 1 unspecified atom stereocenters. The van der Waals surface area contributed by atoms with E-state index < -0.39 is 0 Å². The second kappa shape index (κ2) is 6.79. The lowest BCUT2D eigenvalue weighted by Gasteiger charge is -2.14. The zero-order valence-corrected chi connectivity index (χ0v) is 16.3. The number of aryl methyl sites for hydroxylation is 1. The first-order chi connectivity index (χ1) is 13.0. The summed E-state index contributed by atoms with van der Waals surface area (Å²) in [7, 11) is 1.94. The van der Waals surface area contributed by atoms with Crippen molar-refractivity contribution in [3.8, 4) is 17.0 Å². The number of hydrogen-bond acceptors (Lipinski definition) is 5. The Hall–Kier alpha value is -2.70. The summed E-state index contributed by atoms with van der Waals surface area (Å²) in [5.74, 6) is 0.376. The highest BCUT2D eigenvalue weighted by molar-refractivity contribution is 7.17. The summed E-state index contributed by atoms with van der Waals surface area (Å²) in [4.78, 5) is 19.6. The highest BCUT2D eigenvalue weighted by atomic mass is 32.1. The van der Waals surface area contributed by atoms with E-state index in [-0.39, 0.29) is 11.4 Å². The summed E-state index contributed by atoms with van der Waals surface area (Å²) in [6, 6.07) is 10.1. The van der Waals surface area contributed by atoms with Gasteiger partial charge in [-0.15, -0.1) is 11.3 Å². The topological polar surface area (TPSA) is 78.0 Å². The van der Waals surface area contributed by atoms with Gasteiger partial charge in [0.25, 0.3) is 5.56 Å². The maximum Gasteiger partial charge on any atom is 0.266 e. The summed E-state index contributed by atoms with van der Waals surface area (Å²) in [5, 5.41) is 17.4. The molecule has 5 nitrogen and oxygen atoms in total. The zero-order chi connectivity index (χ0) is 19.1. The molecule has 1 atom stereocenters. The predicted octanol–water partition coefficient (Wildman–Crippen LogP) is 4.14. The number of nitrogens with zero attached hydrogens (tertiary/aromatic N) is 1. The van der Waals surface area contributed by atoms with Crippen LogP contribution < -0.4 is 10.9 Å². The van der Waals surface area contributed by atoms with Gasteiger partial charge in [-0.05, 0) is 42.5 Å². The van der Waals surface area contributed by atoms with Crippen LogP contribution in [0, 0.1) is 6.92 Å². The lowest BCUT2D eigenvalue weighted by molar-refractivity contribution is 0.455. The Bertz CT molecular complexity index is 1190. The van der Waals surface area contributed by atoms with Crippen LogP contribution in [0.4, 0.5) is 0 Å². The van der Waals surface area contributed by atoms with Crippen LogP contribution in [-0.4, -0.2) is 28.7 Å². The molecule has 0 aliphatic carbocycles. The molecule has 3 N–H and O–H groups in total. The number of thiophene rings is 1. The maximum absolute atomic E-state index is 12.4. The van der Waals surface area contributed by atoms with Crippen molar-refractivity contribution in [2.24, 2.45) is 0 Å². The molecule has 0 saturated carbocycles. The minimum absolute atomic E-state index is 0.0180. The SMILES string of the molecule is CNCC(C)c1ccc(-c2c(O)nc(C)c3[nH]c(=O)c4sccc4c23)cc1. The fraction of sp³-hybridized carbons (Fsp3) is 0.238. The first-order valence-electron chi connectivity index (χ1n) is 8.89. The smallest absolute Gasteiger partial charge is 0.266 e. The van der Waals surface area contributed by atoms with Crippen molar-refractivity contribution in [2.45, 2.75) is 19.8 Å². The molecule has 0 bridgehead atoms. The number of likely N-dealkylation sites (N-methyl/N-ethyl adjacent to an activating group) is 1. The molecule has 0 amide bonds. The Morgan fingerprint density at radius 3 is 2.70 bits per heavy atom. The van der Waals surface area contributed by atoms with Crippen molar-refractivity contribution in [3.05, 3.63) is 57.3 Å². The number of benzene rings is 1. The number of nitrogens with one attached hydrogen (secondary N) is 2. The molecule has 0 fully saturated rings. The fourth-order valence-corrected chi connectivity index (χ4v) is 4.43. The van der Waals surface area contributed by atoms with Gasteiger partial charge < -0.3 is 15.4 Å². The monoisotopic (exact) mass is 379 g/mol. The van der Waals surface area contributed by atoms with Crippen molar-refractivity contribution in [3.63, 3.8) is 0 Å². The van der Waals surface area contributed by atoms with E-state index in [0.717, 1.165) is 22.9 Å². The number of rotatable bonds is 4. The Balaban J connectivity index is 1.99. The van der Waals surface area contributed by atoms with Crippen molar-refractivity contribution in [1.82, 2.24) is 15.3 Å². The molecule has 0 spiro atoms. The van der Waals surface area contributed by atoms with E-state index in [2.05, 4.69) is 34.3 Å². The van der Waals surface area contributed by atoms with E-state index in [1.165, 1.54) is 16.9 Å². The Kier molecular flexibility index (Phi) is 4.45. The summed E-state index contributed by atoms with van der Waals surface area (Å²) in [5.41, 5.74) is 3.92. The van der Waals surface area contributed by atoms with Crippen LogP contribution in [0.15, 0.2) is 40.5 Å². The van der Waals surface area contributed by atoms with Crippen LogP contribution in [0.5, 0.6) is 5.88 Å². The molecule has 4 rings (SSSR count). The van der Waals surface area contributed by atoms with Crippen LogP contribution in [-0.2, 0) is 0 Å². The molecule has 3 heterocycles. The number of hydrogen-bond donors (Lipinski definition) is 3. The standard InChI is InChI=1S/C21H21N3O2S/c1-11(10-22-3)13-4-6-14(7-5-13)16-17-15-8-9-27-19(15)21(26)24-18(17)12(2)23-20(16)25/h4-9,11,22H,10H2,1-3H3,(H,23,25)(H,24,26). The molecule has 6 heteroatoms. The van der Waals surface area contributed by atoms with Crippen molar-refractivity contribution >= 4 is 32.3 Å². The van der Waals surface area contributed by atoms with Crippen LogP contribution in [0.2, 0.25) is 0 Å². The highest BCUT2D eigenvalue weighted by Gasteiger charge is 2.18. The van der Waals surface area contributed by atoms with E-state index >= 15 is 0 Å². The van der Waals surface area contributed by atoms with Crippen LogP contribution >= 0.6 is 11.3 Å². The number of pyridine rings is 2. The molecule has 0 radical (unpaired) electrons. The number of aromatic hydroxyl groups is 1. The van der Waals surface area contributed by atoms with Gasteiger partial charge in [-0.25, -0.2) is 4.98 Å². The molecular weight excluding hydrogens is 358 g/mol. The van der Waals surface area contributed by atoms with Crippen molar-refractivity contribution < 1.29 is 5.11 Å². The average molecular weight is 379 g/mol. The fourth-order valence-electron chi connectivity index (χ4n) is 3.64. The minimum atomic E-state index is -0.120. The first-order valence-corrected chi connectivity index (χ1v) is 9.77. The second-order valence-corrected chi connectivity index (χ2v) is 7.76. The summed E-state index contributed by atoms with van der Waals surface area (Å²) >= 11 is 1.40. The molecule has 138 valence electrons. The zero-order valence-electron chi connectivity index (χ0n) is 15.5. The van der Waals surface area contributed by atoms with Gasteiger partial charge in [0.05, 0.1) is 16.8 Å². The molecule has 4 aromatic rings. The molecular formula is C21H21N3O2S. The van der Waals surface area contributed by atoms with Crippen molar-refractivity contribution in [2.75, 3.05) is 13.6 Å². The van der Waals surface area contributed by atoms with Crippen LogP contribution in [0.25, 0.3) is 32.1 Å². The molecule has 0 aliphatic heterocycles. The third-order valence-electron chi connectivity index (χ3n) is 5.02. The van der Waals surface area contributed by atoms with Gasteiger partial charge in [0.15, 0.2) is 0 Å². The summed E-state index contributed by atoms with van der Waals surface area (Å²) < 4.78 is 0.660. The summed E-state index contributed by atoms with van der Waals surface area (Å²) in [6.45, 7) is 4.87. The van der Waals surface area contributed by atoms with E-state index in [4.69, 9.17) is 0 Å². The third kappa shape index (κ3) is 2.91. The maximum atomic E-state index is 12.4. The Morgan fingerprint density at radius 2 is 2.00 bits per heavy atom. The predicted molar refractivity (Wildman–Crippen MR) is 112 cm³/mol. The molecule has 1 aromatic carbocycles. The van der Waals surface area contributed by atoms with Gasteiger partial charge in [0, 0.05) is 17.3 Å². The number of H-pyrrole nitrogens is 1. The lowest BCUT2D eigenvalue weighted by atomic mass is 9.95. The van der Waals surface area contributed by atoms with Gasteiger partial charge in [-0.1, -0.05) is 31.2 Å². The third-order valence-corrected chi connectivity index (χ3v) is 5.93. The largest absolute Gasteiger partial charge is 0.493 e. The van der Waals surface area contributed by atoms with Crippen LogP contribution in [0.3, 0.4) is 0 Å². The molecule has 3 aromatic heterocycles. The highest BCUT2D eigenvalue weighted by Crippen LogP contribution is 2.39. The van der Waals surface area contributed by atoms with E-state index in [0.29, 0.717) is 27.4 Å². The van der Waals surface area contributed by atoms with Gasteiger partial charge in [0.1, 0.15) is 4.70 Å². The lowest BCUT2D eigenvalue weighted by Crippen LogP contribution is -2.14. The minimum Gasteiger partial charge on any atom is -0.493 e. The van der Waals surface area contributed by atoms with E-state index in [1.807, 2.05) is 30.6 Å². The summed E-state index contributed by atoms with van der Waals surface area (Å²) in [6.07, 6.45) is 0. The van der Waals surface area contributed by atoms with Crippen molar-refractivity contribution in [1.29, 1.82) is 0 Å². The molecule has 0 aliphatic rings. The van der Waals surface area contributed by atoms with E-state index in [1.54, 1.807) is 6.92 Å². The first kappa shape index (κ1) is 17.7. The Morgan fingerprint density at radius 1 is 1.26 bits per heavy atom. The van der Waals surface area contributed by atoms with Crippen LogP contribution in [0.1, 0.15) is 24.1 Å². The second-order valence-electron chi connectivity index (χ2n) is 6.84. The average Bonchev–Trinajstić information content (AvgIpc) is 3.14. The number of aromatic nitrogens is 2. The van der Waals surface area contributed by atoms with Gasteiger partial charge in [-0.3, -0.25) is 4.79 Å². The van der Waals surface area contributed by atoms with E-state index in [9.17, 15) is 9.90 Å².